The molecular formula is C14H21Br2ClS. The highest BCUT2D eigenvalue weighted by Gasteiger charge is 2.12. The van der Waals surface area contributed by atoms with Crippen molar-refractivity contribution in [1.82, 2.24) is 0 Å². The van der Waals surface area contributed by atoms with E-state index in [4.69, 9.17) is 11.6 Å². The fourth-order valence-electron chi connectivity index (χ4n) is 1.94. The maximum atomic E-state index is 6.05. The van der Waals surface area contributed by atoms with E-state index >= 15 is 0 Å². The fourth-order valence-corrected chi connectivity index (χ4v) is 4.44. The topological polar surface area (TPSA) is 0 Å². The SMILES string of the molecule is CCCCCCCCCC(Br)c1cc(Cl)c(Br)s1. The van der Waals surface area contributed by atoms with Crippen LogP contribution in [0.3, 0.4) is 0 Å². The minimum absolute atomic E-state index is 0.460. The molecule has 0 aliphatic carbocycles. The molecule has 0 aromatic carbocycles. The summed E-state index contributed by atoms with van der Waals surface area (Å²) in [5.74, 6) is 0. The van der Waals surface area contributed by atoms with Crippen molar-refractivity contribution < 1.29 is 0 Å². The first-order valence-electron chi connectivity index (χ1n) is 6.74. The minimum Gasteiger partial charge on any atom is -0.130 e. The molecule has 0 spiro atoms. The van der Waals surface area contributed by atoms with Gasteiger partial charge in [0, 0.05) is 9.70 Å². The molecular weight excluding hydrogens is 395 g/mol. The zero-order valence-electron chi connectivity index (χ0n) is 10.9. The van der Waals surface area contributed by atoms with Crippen molar-refractivity contribution in [3.05, 3.63) is 19.8 Å². The third-order valence-corrected chi connectivity index (χ3v) is 6.88. The molecule has 18 heavy (non-hydrogen) atoms. The van der Waals surface area contributed by atoms with Crippen molar-refractivity contribution in [1.29, 1.82) is 0 Å². The Labute approximate surface area is 137 Å². The molecule has 1 aromatic rings. The van der Waals surface area contributed by atoms with E-state index in [0.29, 0.717) is 4.83 Å². The van der Waals surface area contributed by atoms with E-state index in [-0.39, 0.29) is 0 Å². The maximum Gasteiger partial charge on any atom is 0.0887 e. The highest BCUT2D eigenvalue weighted by molar-refractivity contribution is 9.11. The standard InChI is InChI=1S/C14H21Br2ClS/c1-2-3-4-5-6-7-8-9-11(15)13-10-12(17)14(16)18-13/h10-11H,2-9H2,1H3. The molecule has 1 unspecified atom stereocenters. The predicted molar refractivity (Wildman–Crippen MR) is 91.3 cm³/mol. The van der Waals surface area contributed by atoms with Crippen molar-refractivity contribution >= 4 is 54.8 Å². The molecule has 1 aromatic heterocycles. The number of thiophene rings is 1. The lowest BCUT2D eigenvalue weighted by Gasteiger charge is -2.07. The fraction of sp³-hybridized carbons (Fsp3) is 0.714. The van der Waals surface area contributed by atoms with Gasteiger partial charge in [-0.2, -0.15) is 0 Å². The van der Waals surface area contributed by atoms with Gasteiger partial charge in [0.1, 0.15) is 0 Å². The largest absolute Gasteiger partial charge is 0.130 e. The van der Waals surface area contributed by atoms with E-state index in [2.05, 4.69) is 44.8 Å². The van der Waals surface area contributed by atoms with Gasteiger partial charge in [-0.05, 0) is 28.4 Å². The lowest BCUT2D eigenvalue weighted by atomic mass is 10.1. The van der Waals surface area contributed by atoms with E-state index in [9.17, 15) is 0 Å². The Morgan fingerprint density at radius 2 is 1.78 bits per heavy atom. The Hall–Kier alpha value is 0.950. The molecule has 0 amide bonds. The van der Waals surface area contributed by atoms with Crippen molar-refractivity contribution in [2.45, 2.75) is 63.1 Å². The van der Waals surface area contributed by atoms with Crippen LogP contribution in [0.25, 0.3) is 0 Å². The lowest BCUT2D eigenvalue weighted by Crippen LogP contribution is -1.87. The predicted octanol–water partition coefficient (Wildman–Crippen LogP) is 7.74. The molecule has 0 N–H and O–H groups in total. The lowest BCUT2D eigenvalue weighted by molar-refractivity contribution is 0.575. The molecule has 4 heteroatoms. The van der Waals surface area contributed by atoms with Gasteiger partial charge < -0.3 is 0 Å². The van der Waals surface area contributed by atoms with E-state index in [1.165, 1.54) is 56.2 Å². The van der Waals surface area contributed by atoms with Gasteiger partial charge in [-0.15, -0.1) is 11.3 Å². The first kappa shape index (κ1) is 17.0. The number of halogens is 3. The molecule has 0 bridgehead atoms. The zero-order chi connectivity index (χ0) is 13.4. The summed E-state index contributed by atoms with van der Waals surface area (Å²) in [6, 6.07) is 2.07. The van der Waals surface area contributed by atoms with Crippen LogP contribution in [0.5, 0.6) is 0 Å². The zero-order valence-corrected chi connectivity index (χ0v) is 15.6. The monoisotopic (exact) mass is 414 g/mol. The average molecular weight is 417 g/mol. The summed E-state index contributed by atoms with van der Waals surface area (Å²) in [6.45, 7) is 2.26. The molecule has 1 atom stereocenters. The van der Waals surface area contributed by atoms with Crippen molar-refractivity contribution in [3.8, 4) is 0 Å². The van der Waals surface area contributed by atoms with Gasteiger partial charge in [-0.25, -0.2) is 0 Å². The van der Waals surface area contributed by atoms with Gasteiger partial charge in [-0.1, -0.05) is 79.4 Å². The number of hydrogen-bond donors (Lipinski definition) is 0. The second-order valence-corrected chi connectivity index (χ2v) is 8.56. The quantitative estimate of drug-likeness (QED) is 0.285. The second-order valence-electron chi connectivity index (χ2n) is 4.65. The van der Waals surface area contributed by atoms with Crippen LogP contribution >= 0.6 is 54.8 Å². The Bertz CT molecular complexity index is 319. The van der Waals surface area contributed by atoms with Gasteiger partial charge in [0.05, 0.1) is 8.81 Å². The summed E-state index contributed by atoms with van der Waals surface area (Å²) in [5, 5.41) is 0.832. The number of unbranched alkanes of at least 4 members (excludes halogenated alkanes) is 6. The van der Waals surface area contributed by atoms with Crippen LogP contribution < -0.4 is 0 Å². The minimum atomic E-state index is 0.460. The first-order valence-corrected chi connectivity index (χ1v) is 9.64. The molecule has 0 fully saturated rings. The van der Waals surface area contributed by atoms with E-state index in [1.54, 1.807) is 11.3 Å². The van der Waals surface area contributed by atoms with Crippen molar-refractivity contribution in [2.75, 3.05) is 0 Å². The van der Waals surface area contributed by atoms with Crippen molar-refractivity contribution in [3.63, 3.8) is 0 Å². The van der Waals surface area contributed by atoms with Crippen LogP contribution in [-0.4, -0.2) is 0 Å². The molecule has 0 nitrogen and oxygen atoms in total. The molecule has 0 saturated heterocycles. The molecule has 0 aliphatic heterocycles. The normalized spacial score (nSPS) is 12.9. The van der Waals surface area contributed by atoms with Crippen LogP contribution in [0.15, 0.2) is 9.85 Å². The molecule has 1 rings (SSSR count). The van der Waals surface area contributed by atoms with Gasteiger partial charge in [0.15, 0.2) is 0 Å². The van der Waals surface area contributed by atoms with Crippen LogP contribution in [-0.2, 0) is 0 Å². The van der Waals surface area contributed by atoms with Crippen LogP contribution in [0, 0.1) is 0 Å². The van der Waals surface area contributed by atoms with Crippen LogP contribution in [0.2, 0.25) is 5.02 Å². The third-order valence-electron chi connectivity index (χ3n) is 3.03. The maximum absolute atomic E-state index is 6.05. The van der Waals surface area contributed by atoms with Crippen molar-refractivity contribution in [2.24, 2.45) is 0 Å². The summed E-state index contributed by atoms with van der Waals surface area (Å²) in [5.41, 5.74) is 0. The summed E-state index contributed by atoms with van der Waals surface area (Å²) in [4.78, 5) is 1.79. The van der Waals surface area contributed by atoms with Gasteiger partial charge in [-0.3, -0.25) is 0 Å². The molecule has 1 heterocycles. The van der Waals surface area contributed by atoms with E-state index in [1.807, 2.05) is 0 Å². The average Bonchev–Trinajstić information content (AvgIpc) is 2.68. The number of alkyl halides is 1. The molecule has 0 aliphatic rings. The van der Waals surface area contributed by atoms with Crippen LogP contribution in [0.4, 0.5) is 0 Å². The smallest absolute Gasteiger partial charge is 0.0887 e. The van der Waals surface area contributed by atoms with Gasteiger partial charge in [0.2, 0.25) is 0 Å². The molecule has 104 valence electrons. The summed E-state index contributed by atoms with van der Waals surface area (Å²) in [6.07, 6.45) is 10.8. The summed E-state index contributed by atoms with van der Waals surface area (Å²) < 4.78 is 1.04. The van der Waals surface area contributed by atoms with E-state index < -0.39 is 0 Å². The second kappa shape index (κ2) is 9.79. The highest BCUT2D eigenvalue weighted by Crippen LogP contribution is 2.40. The Morgan fingerprint density at radius 1 is 1.17 bits per heavy atom. The highest BCUT2D eigenvalue weighted by atomic mass is 79.9. The van der Waals surface area contributed by atoms with Gasteiger partial charge in [0.25, 0.3) is 0 Å². The molecule has 0 saturated carbocycles. The van der Waals surface area contributed by atoms with Crippen LogP contribution in [0.1, 0.15) is 68.0 Å². The Balaban J connectivity index is 2.12. The third kappa shape index (κ3) is 6.40. The Kier molecular flexibility index (Phi) is 9.25. The van der Waals surface area contributed by atoms with E-state index in [0.717, 1.165) is 8.81 Å². The summed E-state index contributed by atoms with van der Waals surface area (Å²) >= 11 is 15.0. The Morgan fingerprint density at radius 3 is 2.33 bits per heavy atom. The molecule has 0 radical (unpaired) electrons. The number of hydrogen-bond acceptors (Lipinski definition) is 1. The number of rotatable bonds is 9. The summed E-state index contributed by atoms with van der Waals surface area (Å²) in [7, 11) is 0. The first-order chi connectivity index (χ1) is 8.65. The van der Waals surface area contributed by atoms with Gasteiger partial charge >= 0.3 is 0 Å².